The van der Waals surface area contributed by atoms with Crippen molar-refractivity contribution in [1.29, 1.82) is 0 Å². The normalized spacial score (nSPS) is 14.9. The molecule has 2 aromatic rings. The van der Waals surface area contributed by atoms with Gasteiger partial charge in [-0.2, -0.15) is 0 Å². The first kappa shape index (κ1) is 14.0. The van der Waals surface area contributed by atoms with Gasteiger partial charge < -0.3 is 0 Å². The van der Waals surface area contributed by atoms with Crippen molar-refractivity contribution >= 4 is 37.6 Å². The Kier molecular flexibility index (Phi) is 4.08. The molecule has 1 fully saturated rings. The Hall–Kier alpha value is -0.930. The molecule has 0 aromatic heterocycles. The third-order valence-electron chi connectivity index (χ3n) is 3.88. The molecule has 3 heteroatoms. The van der Waals surface area contributed by atoms with Crippen LogP contribution in [-0.2, 0) is 0 Å². The third kappa shape index (κ3) is 2.75. The number of benzene rings is 2. The van der Waals surface area contributed by atoms with E-state index in [0.717, 1.165) is 20.1 Å². The molecule has 1 nitrogen and oxygen atoms in total. The van der Waals surface area contributed by atoms with E-state index in [2.05, 4.69) is 37.9 Å². The van der Waals surface area contributed by atoms with E-state index in [-0.39, 0.29) is 5.78 Å². The second-order valence-corrected chi connectivity index (χ2v) is 7.03. The van der Waals surface area contributed by atoms with Crippen LogP contribution in [0.1, 0.15) is 46.7 Å². The molecule has 20 heavy (non-hydrogen) atoms. The summed E-state index contributed by atoms with van der Waals surface area (Å²) in [5.41, 5.74) is 2.78. The molecule has 1 saturated carbocycles. The number of halogens is 2. The molecule has 0 atom stereocenters. The Balaban J connectivity index is 2.01. The van der Waals surface area contributed by atoms with E-state index in [1.165, 1.54) is 24.8 Å². The van der Waals surface area contributed by atoms with E-state index in [0.29, 0.717) is 5.92 Å². The standard InChI is InChI=1S/C17H14Br2O/c18-13-8-12(9-14(19)10-13)17(20)16-7-2-1-6-15(16)11-4-3-5-11/h1-2,6-11H,3-5H2. The maximum absolute atomic E-state index is 12.8. The van der Waals surface area contributed by atoms with Crippen LogP contribution in [0.25, 0.3) is 0 Å². The van der Waals surface area contributed by atoms with Gasteiger partial charge in [0.05, 0.1) is 0 Å². The first-order valence-corrected chi connectivity index (χ1v) is 8.33. The minimum Gasteiger partial charge on any atom is -0.289 e. The van der Waals surface area contributed by atoms with Gasteiger partial charge in [-0.3, -0.25) is 4.79 Å². The lowest BCUT2D eigenvalue weighted by atomic mass is 9.77. The Morgan fingerprint density at radius 1 is 1.00 bits per heavy atom. The SMILES string of the molecule is O=C(c1cc(Br)cc(Br)c1)c1ccccc1C1CCC1. The van der Waals surface area contributed by atoms with E-state index in [1.807, 2.05) is 36.4 Å². The zero-order chi connectivity index (χ0) is 14.1. The summed E-state index contributed by atoms with van der Waals surface area (Å²) in [7, 11) is 0. The summed E-state index contributed by atoms with van der Waals surface area (Å²) in [5, 5.41) is 0. The van der Waals surface area contributed by atoms with Crippen LogP contribution >= 0.6 is 31.9 Å². The number of hydrogen-bond donors (Lipinski definition) is 0. The average molecular weight is 394 g/mol. The van der Waals surface area contributed by atoms with Gasteiger partial charge in [-0.25, -0.2) is 0 Å². The van der Waals surface area contributed by atoms with Gasteiger partial charge in [0.2, 0.25) is 0 Å². The van der Waals surface area contributed by atoms with Gasteiger partial charge in [-0.1, -0.05) is 62.5 Å². The predicted molar refractivity (Wildman–Crippen MR) is 88.3 cm³/mol. The van der Waals surface area contributed by atoms with Gasteiger partial charge in [0, 0.05) is 20.1 Å². The van der Waals surface area contributed by atoms with Gasteiger partial charge in [0.25, 0.3) is 0 Å². The largest absolute Gasteiger partial charge is 0.289 e. The minimum absolute atomic E-state index is 0.106. The maximum Gasteiger partial charge on any atom is 0.193 e. The number of carbonyl (C=O) groups excluding carboxylic acids is 1. The van der Waals surface area contributed by atoms with Crippen LogP contribution in [0.15, 0.2) is 51.4 Å². The van der Waals surface area contributed by atoms with Crippen LogP contribution in [0.4, 0.5) is 0 Å². The van der Waals surface area contributed by atoms with Gasteiger partial charge in [-0.15, -0.1) is 0 Å². The topological polar surface area (TPSA) is 17.1 Å². The van der Waals surface area contributed by atoms with Crippen molar-refractivity contribution in [3.63, 3.8) is 0 Å². The summed E-state index contributed by atoms with van der Waals surface area (Å²) in [6.07, 6.45) is 3.68. The molecule has 0 amide bonds. The molecule has 1 aliphatic carbocycles. The van der Waals surface area contributed by atoms with Crippen molar-refractivity contribution in [3.05, 3.63) is 68.1 Å². The van der Waals surface area contributed by atoms with Crippen molar-refractivity contribution in [2.24, 2.45) is 0 Å². The van der Waals surface area contributed by atoms with E-state index >= 15 is 0 Å². The summed E-state index contributed by atoms with van der Waals surface area (Å²) in [6.45, 7) is 0. The Morgan fingerprint density at radius 3 is 2.25 bits per heavy atom. The summed E-state index contributed by atoms with van der Waals surface area (Å²) in [5.74, 6) is 0.667. The molecule has 0 unspecified atom stereocenters. The molecular formula is C17H14Br2O. The fourth-order valence-corrected chi connectivity index (χ4v) is 3.91. The predicted octanol–water partition coefficient (Wildman–Crippen LogP) is 5.71. The highest BCUT2D eigenvalue weighted by atomic mass is 79.9. The first-order valence-electron chi connectivity index (χ1n) is 6.75. The van der Waals surface area contributed by atoms with E-state index in [9.17, 15) is 4.79 Å². The maximum atomic E-state index is 12.8. The summed E-state index contributed by atoms with van der Waals surface area (Å²) in [6, 6.07) is 13.7. The van der Waals surface area contributed by atoms with Gasteiger partial charge in [0.15, 0.2) is 5.78 Å². The number of ketones is 1. The first-order chi connectivity index (χ1) is 9.65. The molecule has 1 aliphatic rings. The summed E-state index contributed by atoms with van der Waals surface area (Å²) >= 11 is 6.89. The molecule has 0 bridgehead atoms. The molecule has 2 aromatic carbocycles. The third-order valence-corrected chi connectivity index (χ3v) is 4.79. The highest BCUT2D eigenvalue weighted by Gasteiger charge is 2.24. The quantitative estimate of drug-likeness (QED) is 0.610. The van der Waals surface area contributed by atoms with Crippen molar-refractivity contribution < 1.29 is 4.79 Å². The highest BCUT2D eigenvalue weighted by Crippen LogP contribution is 2.38. The van der Waals surface area contributed by atoms with E-state index in [4.69, 9.17) is 0 Å². The summed E-state index contributed by atoms with van der Waals surface area (Å²) in [4.78, 5) is 12.8. The molecule has 102 valence electrons. The van der Waals surface area contributed by atoms with Gasteiger partial charge in [0.1, 0.15) is 0 Å². The average Bonchev–Trinajstić information content (AvgIpc) is 2.35. The van der Waals surface area contributed by atoms with Crippen LogP contribution in [-0.4, -0.2) is 5.78 Å². The Labute approximate surface area is 135 Å². The lowest BCUT2D eigenvalue weighted by Crippen LogP contribution is -2.14. The smallest absolute Gasteiger partial charge is 0.193 e. The number of carbonyl (C=O) groups is 1. The molecule has 3 rings (SSSR count). The Morgan fingerprint density at radius 2 is 1.65 bits per heavy atom. The summed E-state index contributed by atoms with van der Waals surface area (Å²) < 4.78 is 1.83. The molecule has 0 heterocycles. The zero-order valence-electron chi connectivity index (χ0n) is 10.9. The van der Waals surface area contributed by atoms with Crippen molar-refractivity contribution in [2.75, 3.05) is 0 Å². The molecular weight excluding hydrogens is 380 g/mol. The van der Waals surface area contributed by atoms with Crippen molar-refractivity contribution in [2.45, 2.75) is 25.2 Å². The lowest BCUT2D eigenvalue weighted by Gasteiger charge is -2.27. The molecule has 0 N–H and O–H groups in total. The van der Waals surface area contributed by atoms with Crippen molar-refractivity contribution in [3.8, 4) is 0 Å². The monoisotopic (exact) mass is 392 g/mol. The number of rotatable bonds is 3. The fraction of sp³-hybridized carbons (Fsp3) is 0.235. The lowest BCUT2D eigenvalue weighted by molar-refractivity contribution is 0.103. The van der Waals surface area contributed by atoms with Crippen LogP contribution in [0.3, 0.4) is 0 Å². The van der Waals surface area contributed by atoms with Crippen molar-refractivity contribution in [1.82, 2.24) is 0 Å². The zero-order valence-corrected chi connectivity index (χ0v) is 14.1. The van der Waals surface area contributed by atoms with Crippen LogP contribution < -0.4 is 0 Å². The molecule has 0 radical (unpaired) electrons. The minimum atomic E-state index is 0.106. The van der Waals surface area contributed by atoms with E-state index < -0.39 is 0 Å². The second-order valence-electron chi connectivity index (χ2n) is 5.20. The highest BCUT2D eigenvalue weighted by molar-refractivity contribution is 9.11. The molecule has 0 saturated heterocycles. The van der Waals surface area contributed by atoms with Gasteiger partial charge in [-0.05, 0) is 42.5 Å². The van der Waals surface area contributed by atoms with E-state index in [1.54, 1.807) is 0 Å². The van der Waals surface area contributed by atoms with Gasteiger partial charge >= 0.3 is 0 Å². The second kappa shape index (κ2) is 5.82. The van der Waals surface area contributed by atoms with Crippen LogP contribution in [0, 0.1) is 0 Å². The van der Waals surface area contributed by atoms with Crippen LogP contribution in [0.2, 0.25) is 0 Å². The number of hydrogen-bond acceptors (Lipinski definition) is 1. The Bertz CT molecular complexity index is 640. The van der Waals surface area contributed by atoms with Crippen LogP contribution in [0.5, 0.6) is 0 Å². The fourth-order valence-electron chi connectivity index (χ4n) is 2.62. The molecule has 0 aliphatic heterocycles. The molecule has 0 spiro atoms.